The number of hydrogen-bond acceptors (Lipinski definition) is 4. The number of piperidine rings is 1. The monoisotopic (exact) mass is 355 g/mol. The molecule has 6 nitrogen and oxygen atoms in total. The molecule has 132 valence electrons. The first kappa shape index (κ1) is 17.3. The molecule has 1 aromatic rings. The smallest absolute Gasteiger partial charge is 0.243 e. The third kappa shape index (κ3) is 3.60. The highest BCUT2D eigenvalue weighted by molar-refractivity contribution is 7.89. The molecule has 0 radical (unpaired) electrons. The summed E-state index contributed by atoms with van der Waals surface area (Å²) in [4.78, 5) is 14.5. The maximum absolute atomic E-state index is 13.0. The first-order chi connectivity index (χ1) is 11.5. The van der Waals surface area contributed by atoms with Crippen molar-refractivity contribution in [3.8, 4) is 0 Å². The van der Waals surface area contributed by atoms with Crippen molar-refractivity contribution in [2.75, 3.05) is 39.3 Å². The van der Waals surface area contributed by atoms with Crippen LogP contribution < -0.4 is 5.32 Å². The molecule has 3 rings (SSSR count). The Kier molecular flexibility index (Phi) is 5.17. The fourth-order valence-corrected chi connectivity index (χ4v) is 4.79. The molecule has 0 saturated carbocycles. The topological polar surface area (TPSA) is 69.7 Å². The van der Waals surface area contributed by atoms with E-state index in [2.05, 4.69) is 5.32 Å². The van der Waals surface area contributed by atoms with Gasteiger partial charge in [-0.3, -0.25) is 4.79 Å². The summed E-state index contributed by atoms with van der Waals surface area (Å²) in [6, 6.07) is 4.82. The maximum atomic E-state index is 13.0. The van der Waals surface area contributed by atoms with E-state index in [-0.39, 0.29) is 23.3 Å². The van der Waals surface area contributed by atoms with E-state index in [1.165, 1.54) is 16.4 Å². The van der Waals surface area contributed by atoms with Crippen LogP contribution in [0, 0.1) is 11.7 Å². The number of halogens is 1. The first-order valence-electron chi connectivity index (χ1n) is 8.24. The standard InChI is InChI=1S/C16H22FN3O3S/c17-14-3-5-15(6-4-14)24(22,23)20-9-1-2-13(12-20)16(21)19-10-7-18-8-11-19/h3-6,13,18H,1-2,7-12H2. The van der Waals surface area contributed by atoms with Crippen LogP contribution in [0.15, 0.2) is 29.2 Å². The van der Waals surface area contributed by atoms with E-state index in [1.54, 1.807) is 0 Å². The Bertz CT molecular complexity index is 687. The van der Waals surface area contributed by atoms with Crippen molar-refractivity contribution in [2.45, 2.75) is 17.7 Å². The fourth-order valence-electron chi connectivity index (χ4n) is 3.26. The summed E-state index contributed by atoms with van der Waals surface area (Å²) in [6.45, 7) is 3.47. The van der Waals surface area contributed by atoms with Crippen LogP contribution in [-0.2, 0) is 14.8 Å². The molecule has 2 fully saturated rings. The molecule has 24 heavy (non-hydrogen) atoms. The zero-order chi connectivity index (χ0) is 17.2. The molecule has 2 aliphatic rings. The average molecular weight is 355 g/mol. The van der Waals surface area contributed by atoms with Gasteiger partial charge in [0.05, 0.1) is 10.8 Å². The lowest BCUT2D eigenvalue weighted by atomic mass is 9.98. The lowest BCUT2D eigenvalue weighted by molar-refractivity contribution is -0.137. The summed E-state index contributed by atoms with van der Waals surface area (Å²) in [6.07, 6.45) is 1.36. The Morgan fingerprint density at radius 3 is 2.46 bits per heavy atom. The van der Waals surface area contributed by atoms with Crippen molar-refractivity contribution in [1.82, 2.24) is 14.5 Å². The quantitative estimate of drug-likeness (QED) is 0.865. The number of benzene rings is 1. The SMILES string of the molecule is O=C(C1CCCN(S(=O)(=O)c2ccc(F)cc2)C1)N1CCNCC1. The summed E-state index contributed by atoms with van der Waals surface area (Å²) in [5.41, 5.74) is 0. The molecule has 0 aromatic heterocycles. The minimum absolute atomic E-state index is 0.0375. The van der Waals surface area contributed by atoms with Gasteiger partial charge in [-0.15, -0.1) is 0 Å². The van der Waals surface area contributed by atoms with E-state index in [4.69, 9.17) is 0 Å². The molecule has 0 aliphatic carbocycles. The molecule has 1 N–H and O–H groups in total. The van der Waals surface area contributed by atoms with Crippen LogP contribution in [-0.4, -0.2) is 62.8 Å². The molecule has 2 heterocycles. The van der Waals surface area contributed by atoms with Crippen LogP contribution in [0.4, 0.5) is 4.39 Å². The summed E-state index contributed by atoms with van der Waals surface area (Å²) in [7, 11) is -3.69. The van der Waals surface area contributed by atoms with Gasteiger partial charge < -0.3 is 10.2 Å². The second-order valence-corrected chi connectivity index (χ2v) is 8.17. The van der Waals surface area contributed by atoms with Crippen LogP contribution >= 0.6 is 0 Å². The fraction of sp³-hybridized carbons (Fsp3) is 0.562. The zero-order valence-corrected chi connectivity index (χ0v) is 14.3. The molecule has 1 unspecified atom stereocenters. The van der Waals surface area contributed by atoms with Crippen molar-refractivity contribution < 1.29 is 17.6 Å². The van der Waals surface area contributed by atoms with Crippen LogP contribution in [0.25, 0.3) is 0 Å². The van der Waals surface area contributed by atoms with Crippen molar-refractivity contribution in [3.63, 3.8) is 0 Å². The largest absolute Gasteiger partial charge is 0.340 e. The number of carbonyl (C=O) groups excluding carboxylic acids is 1. The minimum atomic E-state index is -3.69. The summed E-state index contributed by atoms with van der Waals surface area (Å²) in [5.74, 6) is -0.734. The average Bonchev–Trinajstić information content (AvgIpc) is 2.62. The minimum Gasteiger partial charge on any atom is -0.340 e. The second kappa shape index (κ2) is 7.16. The highest BCUT2D eigenvalue weighted by Crippen LogP contribution is 2.25. The Hall–Kier alpha value is -1.51. The number of rotatable bonds is 3. The van der Waals surface area contributed by atoms with E-state index < -0.39 is 15.8 Å². The molecule has 8 heteroatoms. The lowest BCUT2D eigenvalue weighted by Gasteiger charge is -2.35. The van der Waals surface area contributed by atoms with Crippen molar-refractivity contribution in [3.05, 3.63) is 30.1 Å². The number of nitrogens with zero attached hydrogens (tertiary/aromatic N) is 2. The van der Waals surface area contributed by atoms with E-state index in [0.717, 1.165) is 25.2 Å². The maximum Gasteiger partial charge on any atom is 0.243 e. The Morgan fingerprint density at radius 2 is 1.79 bits per heavy atom. The van der Waals surface area contributed by atoms with E-state index in [1.807, 2.05) is 4.90 Å². The summed E-state index contributed by atoms with van der Waals surface area (Å²) < 4.78 is 39.8. The normalized spacial score (nSPS) is 23.2. The van der Waals surface area contributed by atoms with Crippen LogP contribution in [0.5, 0.6) is 0 Å². The number of piperazine rings is 1. The molecule has 1 aromatic carbocycles. The number of sulfonamides is 1. The van der Waals surface area contributed by atoms with Crippen molar-refractivity contribution in [1.29, 1.82) is 0 Å². The van der Waals surface area contributed by atoms with Gasteiger partial charge in [0.1, 0.15) is 5.82 Å². The van der Waals surface area contributed by atoms with Gasteiger partial charge in [0, 0.05) is 39.3 Å². The Morgan fingerprint density at radius 1 is 1.12 bits per heavy atom. The van der Waals surface area contributed by atoms with Crippen LogP contribution in [0.1, 0.15) is 12.8 Å². The molecule has 0 spiro atoms. The van der Waals surface area contributed by atoms with E-state index in [0.29, 0.717) is 32.5 Å². The predicted molar refractivity (Wildman–Crippen MR) is 87.3 cm³/mol. The van der Waals surface area contributed by atoms with Gasteiger partial charge in [0.25, 0.3) is 0 Å². The third-order valence-electron chi connectivity index (χ3n) is 4.61. The highest BCUT2D eigenvalue weighted by Gasteiger charge is 2.35. The Balaban J connectivity index is 1.72. The van der Waals surface area contributed by atoms with Gasteiger partial charge in [0.15, 0.2) is 0 Å². The van der Waals surface area contributed by atoms with Gasteiger partial charge in [-0.2, -0.15) is 4.31 Å². The molecule has 2 saturated heterocycles. The third-order valence-corrected chi connectivity index (χ3v) is 6.49. The van der Waals surface area contributed by atoms with Crippen molar-refractivity contribution in [2.24, 2.45) is 5.92 Å². The number of hydrogen-bond donors (Lipinski definition) is 1. The van der Waals surface area contributed by atoms with Gasteiger partial charge in [-0.25, -0.2) is 12.8 Å². The second-order valence-electron chi connectivity index (χ2n) is 6.23. The van der Waals surface area contributed by atoms with E-state index in [9.17, 15) is 17.6 Å². The molecule has 0 bridgehead atoms. The van der Waals surface area contributed by atoms with Gasteiger partial charge in [-0.05, 0) is 37.1 Å². The number of amides is 1. The molecular weight excluding hydrogens is 333 g/mol. The number of nitrogens with one attached hydrogen (secondary N) is 1. The van der Waals surface area contributed by atoms with Gasteiger partial charge in [-0.1, -0.05) is 0 Å². The number of carbonyl (C=O) groups is 1. The van der Waals surface area contributed by atoms with Crippen molar-refractivity contribution >= 4 is 15.9 Å². The van der Waals surface area contributed by atoms with E-state index >= 15 is 0 Å². The molecule has 2 aliphatic heterocycles. The molecular formula is C16H22FN3O3S. The van der Waals surface area contributed by atoms with Gasteiger partial charge >= 0.3 is 0 Å². The summed E-state index contributed by atoms with van der Waals surface area (Å²) >= 11 is 0. The molecule has 1 atom stereocenters. The zero-order valence-electron chi connectivity index (χ0n) is 13.4. The first-order valence-corrected chi connectivity index (χ1v) is 9.68. The van der Waals surface area contributed by atoms with Crippen LogP contribution in [0.3, 0.4) is 0 Å². The Labute approximate surface area is 141 Å². The lowest BCUT2D eigenvalue weighted by Crippen LogP contribution is -2.51. The van der Waals surface area contributed by atoms with Gasteiger partial charge in [0.2, 0.25) is 15.9 Å². The van der Waals surface area contributed by atoms with Crippen LogP contribution in [0.2, 0.25) is 0 Å². The molecule has 1 amide bonds. The highest BCUT2D eigenvalue weighted by atomic mass is 32.2. The summed E-state index contributed by atoms with van der Waals surface area (Å²) in [5, 5.41) is 3.20. The predicted octanol–water partition coefficient (Wildman–Crippen LogP) is 0.658.